The average molecular weight is 330 g/mol. The first-order valence-electron chi connectivity index (χ1n) is 8.05. The number of likely N-dealkylation sites (tertiary alicyclic amines) is 1. The van der Waals surface area contributed by atoms with Gasteiger partial charge in [-0.25, -0.2) is 4.79 Å². The van der Waals surface area contributed by atoms with E-state index in [2.05, 4.69) is 0 Å². The number of aliphatic hydroxyl groups is 1. The number of esters is 1. The van der Waals surface area contributed by atoms with Gasteiger partial charge in [-0.2, -0.15) is 0 Å². The number of ether oxygens (including phenoxy) is 2. The van der Waals surface area contributed by atoms with Crippen molar-refractivity contribution in [3.8, 4) is 0 Å². The largest absolute Gasteiger partial charge is 0.458 e. The fourth-order valence-corrected chi connectivity index (χ4v) is 2.49. The minimum atomic E-state index is -0.826. The molecule has 1 aliphatic rings. The molecule has 0 aliphatic carbocycles. The fourth-order valence-electron chi connectivity index (χ4n) is 2.49. The Morgan fingerprint density at radius 2 is 1.91 bits per heavy atom. The number of nitrogens with zero attached hydrogens (tertiary/aromatic N) is 1. The third-order valence-electron chi connectivity index (χ3n) is 3.43. The third-order valence-corrected chi connectivity index (χ3v) is 3.43. The Balaban J connectivity index is 2.46. The number of amides is 1. The molecule has 1 rings (SSSR count). The van der Waals surface area contributed by atoms with Crippen LogP contribution in [0.15, 0.2) is 0 Å². The SMILES string of the molecule is CC(C)C[C@H](N)C(=O)N1CC(O)C(OCC(=O)OC(C)(C)C)C1. The predicted molar refractivity (Wildman–Crippen MR) is 85.6 cm³/mol. The zero-order valence-electron chi connectivity index (χ0n) is 14.7. The molecule has 0 spiro atoms. The number of aliphatic hydroxyl groups excluding tert-OH is 1. The van der Waals surface area contributed by atoms with Crippen LogP contribution in [0.3, 0.4) is 0 Å². The first-order chi connectivity index (χ1) is 10.5. The Labute approximate surface area is 138 Å². The van der Waals surface area contributed by atoms with Crippen molar-refractivity contribution in [1.29, 1.82) is 0 Å². The monoisotopic (exact) mass is 330 g/mol. The van der Waals surface area contributed by atoms with E-state index in [1.165, 1.54) is 4.90 Å². The molecule has 7 nitrogen and oxygen atoms in total. The van der Waals surface area contributed by atoms with E-state index in [4.69, 9.17) is 15.2 Å². The molecule has 1 saturated heterocycles. The van der Waals surface area contributed by atoms with E-state index in [-0.39, 0.29) is 25.6 Å². The van der Waals surface area contributed by atoms with Crippen molar-refractivity contribution in [2.24, 2.45) is 11.7 Å². The fraction of sp³-hybridized carbons (Fsp3) is 0.875. The highest BCUT2D eigenvalue weighted by atomic mass is 16.6. The van der Waals surface area contributed by atoms with Crippen molar-refractivity contribution >= 4 is 11.9 Å². The smallest absolute Gasteiger partial charge is 0.332 e. The summed E-state index contributed by atoms with van der Waals surface area (Å²) in [5.74, 6) is -0.368. The lowest BCUT2D eigenvalue weighted by Crippen LogP contribution is -2.44. The minimum absolute atomic E-state index is 0.170. The maximum atomic E-state index is 12.2. The van der Waals surface area contributed by atoms with E-state index in [1.54, 1.807) is 20.8 Å². The molecule has 0 radical (unpaired) electrons. The first kappa shape index (κ1) is 19.9. The molecular formula is C16H30N2O5. The van der Waals surface area contributed by atoms with Crippen LogP contribution in [0.2, 0.25) is 0 Å². The van der Waals surface area contributed by atoms with Gasteiger partial charge in [-0.3, -0.25) is 4.79 Å². The Hall–Kier alpha value is -1.18. The Kier molecular flexibility index (Phi) is 6.98. The van der Waals surface area contributed by atoms with Gasteiger partial charge >= 0.3 is 5.97 Å². The summed E-state index contributed by atoms with van der Waals surface area (Å²) in [6, 6.07) is -0.577. The van der Waals surface area contributed by atoms with Gasteiger partial charge in [0.1, 0.15) is 18.3 Å². The van der Waals surface area contributed by atoms with Gasteiger partial charge < -0.3 is 25.2 Å². The maximum Gasteiger partial charge on any atom is 0.332 e. The van der Waals surface area contributed by atoms with Gasteiger partial charge in [-0.15, -0.1) is 0 Å². The number of nitrogens with two attached hydrogens (primary N) is 1. The lowest BCUT2D eigenvalue weighted by molar-refractivity contribution is -0.163. The van der Waals surface area contributed by atoms with Crippen LogP contribution in [0.4, 0.5) is 0 Å². The lowest BCUT2D eigenvalue weighted by Gasteiger charge is -2.22. The summed E-state index contributed by atoms with van der Waals surface area (Å²) in [4.78, 5) is 25.4. The molecule has 0 bridgehead atoms. The lowest BCUT2D eigenvalue weighted by atomic mass is 10.0. The Morgan fingerprint density at radius 1 is 1.30 bits per heavy atom. The number of hydrogen-bond acceptors (Lipinski definition) is 6. The normalized spacial score (nSPS) is 23.2. The van der Waals surface area contributed by atoms with Gasteiger partial charge in [-0.05, 0) is 33.1 Å². The van der Waals surface area contributed by atoms with E-state index in [0.717, 1.165) is 0 Å². The minimum Gasteiger partial charge on any atom is -0.458 e. The van der Waals surface area contributed by atoms with Crippen LogP contribution in [0.5, 0.6) is 0 Å². The highest BCUT2D eigenvalue weighted by Gasteiger charge is 2.37. The van der Waals surface area contributed by atoms with Gasteiger partial charge in [-0.1, -0.05) is 13.8 Å². The van der Waals surface area contributed by atoms with Crippen LogP contribution in [0.25, 0.3) is 0 Å². The number of carbonyl (C=O) groups excluding carboxylic acids is 2. The highest BCUT2D eigenvalue weighted by Crippen LogP contribution is 2.17. The van der Waals surface area contributed by atoms with E-state index in [0.29, 0.717) is 12.3 Å². The number of β-amino-alcohol motifs (C(OH)–C–C–N with tert-alkyl or cyclic N) is 1. The quantitative estimate of drug-likeness (QED) is 0.679. The zero-order chi connectivity index (χ0) is 17.8. The van der Waals surface area contributed by atoms with Crippen molar-refractivity contribution in [3.63, 3.8) is 0 Å². The third kappa shape index (κ3) is 6.85. The molecule has 134 valence electrons. The van der Waals surface area contributed by atoms with Crippen molar-refractivity contribution in [1.82, 2.24) is 4.90 Å². The van der Waals surface area contributed by atoms with Crippen LogP contribution in [0, 0.1) is 5.92 Å². The van der Waals surface area contributed by atoms with Crippen molar-refractivity contribution in [2.75, 3.05) is 19.7 Å². The predicted octanol–water partition coefficient (Wildman–Crippen LogP) is 0.290. The second-order valence-corrected chi connectivity index (χ2v) is 7.48. The van der Waals surface area contributed by atoms with Gasteiger partial charge in [0.2, 0.25) is 5.91 Å². The van der Waals surface area contributed by atoms with E-state index in [9.17, 15) is 14.7 Å². The summed E-state index contributed by atoms with van der Waals surface area (Å²) >= 11 is 0. The molecule has 1 aliphatic heterocycles. The molecule has 0 saturated carbocycles. The summed E-state index contributed by atoms with van der Waals surface area (Å²) in [6.07, 6.45) is -0.833. The zero-order valence-corrected chi connectivity index (χ0v) is 14.7. The van der Waals surface area contributed by atoms with Gasteiger partial charge in [0.25, 0.3) is 0 Å². The molecule has 1 amide bonds. The van der Waals surface area contributed by atoms with Crippen molar-refractivity contribution in [2.45, 2.75) is 64.9 Å². The Bertz CT molecular complexity index is 419. The summed E-state index contributed by atoms with van der Waals surface area (Å²) in [5, 5.41) is 10.0. The first-order valence-corrected chi connectivity index (χ1v) is 8.05. The number of carbonyl (C=O) groups is 2. The molecule has 1 fully saturated rings. The van der Waals surface area contributed by atoms with E-state index >= 15 is 0 Å². The molecule has 0 aromatic rings. The van der Waals surface area contributed by atoms with Crippen LogP contribution >= 0.6 is 0 Å². The van der Waals surface area contributed by atoms with Crippen LogP contribution in [0.1, 0.15) is 41.0 Å². The second kappa shape index (κ2) is 8.08. The van der Waals surface area contributed by atoms with E-state index in [1.807, 2.05) is 13.8 Å². The molecule has 3 atom stereocenters. The highest BCUT2D eigenvalue weighted by molar-refractivity contribution is 5.82. The summed E-state index contributed by atoms with van der Waals surface area (Å²) < 4.78 is 10.5. The van der Waals surface area contributed by atoms with Gasteiger partial charge in [0.05, 0.1) is 12.1 Å². The summed E-state index contributed by atoms with van der Waals surface area (Å²) in [5.41, 5.74) is 5.31. The molecule has 23 heavy (non-hydrogen) atoms. The molecule has 7 heteroatoms. The summed E-state index contributed by atoms with van der Waals surface area (Å²) in [7, 11) is 0. The second-order valence-electron chi connectivity index (χ2n) is 7.48. The Morgan fingerprint density at radius 3 is 2.43 bits per heavy atom. The van der Waals surface area contributed by atoms with Gasteiger partial charge in [0.15, 0.2) is 0 Å². The van der Waals surface area contributed by atoms with Crippen molar-refractivity contribution in [3.05, 3.63) is 0 Å². The van der Waals surface area contributed by atoms with Crippen molar-refractivity contribution < 1.29 is 24.2 Å². The average Bonchev–Trinajstić information content (AvgIpc) is 2.74. The van der Waals surface area contributed by atoms with Crippen LogP contribution in [-0.2, 0) is 19.1 Å². The van der Waals surface area contributed by atoms with Crippen LogP contribution < -0.4 is 5.73 Å². The maximum absolute atomic E-state index is 12.2. The topological polar surface area (TPSA) is 102 Å². The molecule has 1 heterocycles. The number of hydrogen-bond donors (Lipinski definition) is 2. The standard InChI is InChI=1S/C16H30N2O5/c1-10(2)6-11(17)15(21)18-7-12(19)13(8-18)22-9-14(20)23-16(3,4)5/h10-13,19H,6-9,17H2,1-5H3/t11-,12?,13?/m0/s1. The molecule has 0 aromatic heterocycles. The van der Waals surface area contributed by atoms with Gasteiger partial charge in [0, 0.05) is 13.1 Å². The molecular weight excluding hydrogens is 300 g/mol. The van der Waals surface area contributed by atoms with E-state index < -0.39 is 29.8 Å². The molecule has 3 N–H and O–H groups in total. The van der Waals surface area contributed by atoms with Crippen LogP contribution in [-0.4, -0.2) is 65.4 Å². The molecule has 2 unspecified atom stereocenters. The molecule has 0 aromatic carbocycles. The number of rotatable bonds is 6. The summed E-state index contributed by atoms with van der Waals surface area (Å²) in [6.45, 7) is 9.46.